The Bertz CT molecular complexity index is 1090. The topological polar surface area (TPSA) is 66.8 Å². The summed E-state index contributed by atoms with van der Waals surface area (Å²) in [5, 5.41) is 8.99. The van der Waals surface area contributed by atoms with Gasteiger partial charge in [0, 0.05) is 19.0 Å². The van der Waals surface area contributed by atoms with Crippen molar-refractivity contribution in [3.05, 3.63) is 95.1 Å². The molecule has 1 aliphatic carbocycles. The first-order chi connectivity index (χ1) is 15.1. The molecule has 1 heterocycles. The van der Waals surface area contributed by atoms with E-state index in [1.807, 2.05) is 36.4 Å². The zero-order valence-electron chi connectivity index (χ0n) is 17.0. The molecule has 156 valence electrons. The van der Waals surface area contributed by atoms with Crippen LogP contribution in [0, 0.1) is 5.92 Å². The van der Waals surface area contributed by atoms with Gasteiger partial charge in [-0.3, -0.25) is 0 Å². The Morgan fingerprint density at radius 3 is 2.03 bits per heavy atom. The van der Waals surface area contributed by atoms with Crippen molar-refractivity contribution < 1.29 is 19.4 Å². The molecule has 3 aromatic carbocycles. The van der Waals surface area contributed by atoms with Gasteiger partial charge in [-0.2, -0.15) is 0 Å². The monoisotopic (exact) mass is 413 g/mol. The smallest absolute Gasteiger partial charge is 0.409 e. The number of hydrogen-bond acceptors (Lipinski definition) is 3. The number of likely N-dealkylation sites (tertiary alicyclic amines) is 1. The molecule has 1 amide bonds. The number of rotatable bonds is 5. The van der Waals surface area contributed by atoms with E-state index in [2.05, 4.69) is 24.3 Å². The van der Waals surface area contributed by atoms with E-state index >= 15 is 0 Å². The van der Waals surface area contributed by atoms with E-state index in [0.717, 1.165) is 12.0 Å². The van der Waals surface area contributed by atoms with Crippen molar-refractivity contribution in [2.24, 2.45) is 5.92 Å². The minimum Gasteiger partial charge on any atom is -0.478 e. The molecule has 0 radical (unpaired) electrons. The van der Waals surface area contributed by atoms with Gasteiger partial charge >= 0.3 is 12.1 Å². The average Bonchev–Trinajstić information content (AvgIpc) is 3.08. The quantitative estimate of drug-likeness (QED) is 0.652. The Kier molecular flexibility index (Phi) is 4.94. The summed E-state index contributed by atoms with van der Waals surface area (Å²) in [6.45, 7) is 1.67. The van der Waals surface area contributed by atoms with E-state index in [1.54, 1.807) is 17.0 Å². The highest BCUT2D eigenvalue weighted by atomic mass is 16.6. The lowest BCUT2D eigenvalue weighted by atomic mass is 9.92. The van der Waals surface area contributed by atoms with Gasteiger partial charge in [-0.25, -0.2) is 9.59 Å². The van der Waals surface area contributed by atoms with Gasteiger partial charge in [0.1, 0.15) is 6.61 Å². The molecule has 0 bridgehead atoms. The number of carboxylic acid groups (broad SMARTS) is 1. The molecular weight excluding hydrogens is 390 g/mol. The van der Waals surface area contributed by atoms with Crippen LogP contribution >= 0.6 is 0 Å². The van der Waals surface area contributed by atoms with Crippen LogP contribution in [0.25, 0.3) is 11.1 Å². The van der Waals surface area contributed by atoms with Crippen LogP contribution in [0.2, 0.25) is 0 Å². The molecule has 5 rings (SSSR count). The van der Waals surface area contributed by atoms with Crippen molar-refractivity contribution in [3.63, 3.8) is 0 Å². The third-order valence-corrected chi connectivity index (χ3v) is 6.28. The normalized spacial score (nSPS) is 15.2. The summed E-state index contributed by atoms with van der Waals surface area (Å²) >= 11 is 0. The molecule has 1 N–H and O–H groups in total. The molecule has 0 saturated carbocycles. The van der Waals surface area contributed by atoms with Crippen LogP contribution in [0.5, 0.6) is 0 Å². The number of carbonyl (C=O) groups is 2. The highest BCUT2D eigenvalue weighted by Crippen LogP contribution is 2.44. The van der Waals surface area contributed by atoms with Crippen LogP contribution in [0.1, 0.15) is 33.0 Å². The highest BCUT2D eigenvalue weighted by Gasteiger charge is 2.34. The molecule has 0 aromatic heterocycles. The lowest BCUT2D eigenvalue weighted by Crippen LogP contribution is -2.51. The Morgan fingerprint density at radius 1 is 0.871 bits per heavy atom. The zero-order valence-corrected chi connectivity index (χ0v) is 17.0. The predicted molar refractivity (Wildman–Crippen MR) is 117 cm³/mol. The number of carboxylic acids is 1. The summed E-state index contributed by atoms with van der Waals surface area (Å²) in [6, 6.07) is 23.6. The highest BCUT2D eigenvalue weighted by molar-refractivity contribution is 5.87. The Balaban J connectivity index is 1.16. The van der Waals surface area contributed by atoms with E-state index in [-0.39, 0.29) is 17.6 Å². The minimum atomic E-state index is -0.920. The second kappa shape index (κ2) is 7.91. The number of aromatic carboxylic acids is 1. The van der Waals surface area contributed by atoms with E-state index in [1.165, 1.54) is 22.3 Å². The summed E-state index contributed by atoms with van der Waals surface area (Å²) in [5.41, 5.74) is 6.24. The molecule has 31 heavy (non-hydrogen) atoms. The number of nitrogens with zero attached hydrogens (tertiary/aromatic N) is 1. The molecular formula is C26H23NO4. The van der Waals surface area contributed by atoms with Crippen LogP contribution in [0.4, 0.5) is 4.79 Å². The van der Waals surface area contributed by atoms with Gasteiger partial charge < -0.3 is 14.7 Å². The van der Waals surface area contributed by atoms with E-state index < -0.39 is 5.97 Å². The zero-order chi connectivity index (χ0) is 21.4. The molecule has 0 atom stereocenters. The summed E-state index contributed by atoms with van der Waals surface area (Å²) in [7, 11) is 0. The molecule has 1 saturated heterocycles. The van der Waals surface area contributed by atoms with E-state index in [9.17, 15) is 9.59 Å². The van der Waals surface area contributed by atoms with Crippen molar-refractivity contribution in [1.29, 1.82) is 0 Å². The van der Waals surface area contributed by atoms with Crippen molar-refractivity contribution in [3.8, 4) is 11.1 Å². The lowest BCUT2D eigenvalue weighted by Gasteiger charge is -2.38. The maximum atomic E-state index is 12.6. The standard InChI is InChI=1S/C26H23NO4/c28-25(29)19-11-9-17(10-12-19)13-18-14-27(15-18)26(30)31-16-24-22-7-3-1-5-20(22)21-6-2-4-8-23(21)24/h1-12,18,24H,13-16H2,(H,28,29). The molecule has 5 heteroatoms. The number of carbonyl (C=O) groups excluding carboxylic acids is 1. The first-order valence-corrected chi connectivity index (χ1v) is 10.5. The lowest BCUT2D eigenvalue weighted by molar-refractivity contribution is 0.0524. The maximum absolute atomic E-state index is 12.6. The molecule has 0 unspecified atom stereocenters. The summed E-state index contributed by atoms with van der Waals surface area (Å²) < 4.78 is 5.71. The Labute approximate surface area is 180 Å². The average molecular weight is 413 g/mol. The van der Waals surface area contributed by atoms with Gasteiger partial charge in [0.25, 0.3) is 0 Å². The van der Waals surface area contributed by atoms with Crippen LogP contribution in [-0.4, -0.2) is 41.8 Å². The van der Waals surface area contributed by atoms with Crippen molar-refractivity contribution in [1.82, 2.24) is 4.90 Å². The molecule has 1 aliphatic heterocycles. The number of hydrogen-bond donors (Lipinski definition) is 1. The Hall–Kier alpha value is -3.60. The third kappa shape index (κ3) is 3.67. The van der Waals surface area contributed by atoms with Crippen LogP contribution in [0.3, 0.4) is 0 Å². The first-order valence-electron chi connectivity index (χ1n) is 10.5. The van der Waals surface area contributed by atoms with Gasteiger partial charge in [0.15, 0.2) is 0 Å². The molecule has 0 spiro atoms. The van der Waals surface area contributed by atoms with Crippen molar-refractivity contribution >= 4 is 12.1 Å². The second-order valence-electron chi connectivity index (χ2n) is 8.28. The fraction of sp³-hybridized carbons (Fsp3) is 0.231. The summed E-state index contributed by atoms with van der Waals surface area (Å²) in [5.74, 6) is -0.478. The third-order valence-electron chi connectivity index (χ3n) is 6.28. The van der Waals surface area contributed by atoms with Gasteiger partial charge in [-0.15, -0.1) is 0 Å². The maximum Gasteiger partial charge on any atom is 0.409 e. The minimum absolute atomic E-state index is 0.0705. The van der Waals surface area contributed by atoms with E-state index in [0.29, 0.717) is 25.6 Å². The number of fused-ring (bicyclic) bond motifs is 3. The largest absolute Gasteiger partial charge is 0.478 e. The molecule has 5 nitrogen and oxygen atoms in total. The van der Waals surface area contributed by atoms with Crippen LogP contribution < -0.4 is 0 Å². The number of benzene rings is 3. The van der Waals surface area contributed by atoms with Gasteiger partial charge in [0.2, 0.25) is 0 Å². The summed E-state index contributed by atoms with van der Waals surface area (Å²) in [6.07, 6.45) is 0.562. The van der Waals surface area contributed by atoms with Gasteiger partial charge in [-0.05, 0) is 52.3 Å². The number of ether oxygens (including phenoxy) is 1. The predicted octanol–water partition coefficient (Wildman–Crippen LogP) is 4.81. The molecule has 2 aliphatic rings. The van der Waals surface area contributed by atoms with Crippen LogP contribution in [-0.2, 0) is 11.2 Å². The second-order valence-corrected chi connectivity index (χ2v) is 8.28. The van der Waals surface area contributed by atoms with Crippen molar-refractivity contribution in [2.75, 3.05) is 19.7 Å². The molecule has 3 aromatic rings. The first kappa shape index (κ1) is 19.4. The van der Waals surface area contributed by atoms with Crippen molar-refractivity contribution in [2.45, 2.75) is 12.3 Å². The van der Waals surface area contributed by atoms with Gasteiger partial charge in [0.05, 0.1) is 5.56 Å². The van der Waals surface area contributed by atoms with Gasteiger partial charge in [-0.1, -0.05) is 60.7 Å². The Morgan fingerprint density at radius 2 is 1.45 bits per heavy atom. The fourth-order valence-electron chi connectivity index (χ4n) is 4.65. The van der Waals surface area contributed by atoms with Crippen LogP contribution in [0.15, 0.2) is 72.8 Å². The summed E-state index contributed by atoms with van der Waals surface area (Å²) in [4.78, 5) is 25.3. The number of amides is 1. The molecule has 1 fully saturated rings. The SMILES string of the molecule is O=C(O)c1ccc(CC2CN(C(=O)OCC3c4ccccc4-c4ccccc43)C2)cc1. The van der Waals surface area contributed by atoms with E-state index in [4.69, 9.17) is 9.84 Å². The fourth-order valence-corrected chi connectivity index (χ4v) is 4.65.